The van der Waals surface area contributed by atoms with Crippen molar-refractivity contribution in [2.45, 2.75) is 25.3 Å². The van der Waals surface area contributed by atoms with Gasteiger partial charge in [-0.25, -0.2) is 9.18 Å². The summed E-state index contributed by atoms with van der Waals surface area (Å²) in [6.45, 7) is 2.02. The van der Waals surface area contributed by atoms with Crippen molar-refractivity contribution in [3.63, 3.8) is 0 Å². The molecular formula is C14H16FNO2. The standard InChI is InChI=1S/C14H16FNO2/c1-18-14(17)10-7-9-4-6-16-5-2-3-12(16)13(9)11(15)8-10/h7-8,12H,2-6H2,1H3/t12-/m1/s1. The van der Waals surface area contributed by atoms with E-state index in [9.17, 15) is 9.18 Å². The van der Waals surface area contributed by atoms with E-state index in [1.807, 2.05) is 0 Å². The van der Waals surface area contributed by atoms with Crippen LogP contribution in [0.5, 0.6) is 0 Å². The lowest BCUT2D eigenvalue weighted by Crippen LogP contribution is -2.32. The van der Waals surface area contributed by atoms with Crippen molar-refractivity contribution in [3.05, 3.63) is 34.6 Å². The Hall–Kier alpha value is -1.42. The van der Waals surface area contributed by atoms with Gasteiger partial charge in [-0.05, 0) is 43.5 Å². The highest BCUT2D eigenvalue weighted by atomic mass is 19.1. The van der Waals surface area contributed by atoms with Crippen molar-refractivity contribution in [3.8, 4) is 0 Å². The number of rotatable bonds is 1. The number of methoxy groups -OCH3 is 1. The van der Waals surface area contributed by atoms with Crippen LogP contribution in [0.2, 0.25) is 0 Å². The molecule has 0 bridgehead atoms. The van der Waals surface area contributed by atoms with Gasteiger partial charge in [-0.2, -0.15) is 0 Å². The van der Waals surface area contributed by atoms with Gasteiger partial charge in [0.05, 0.1) is 12.7 Å². The van der Waals surface area contributed by atoms with Gasteiger partial charge in [0.25, 0.3) is 0 Å². The first-order valence-electron chi connectivity index (χ1n) is 6.35. The van der Waals surface area contributed by atoms with Gasteiger partial charge >= 0.3 is 5.97 Å². The normalized spacial score (nSPS) is 22.4. The highest BCUT2D eigenvalue weighted by Crippen LogP contribution is 2.39. The van der Waals surface area contributed by atoms with Crippen LogP contribution in [-0.2, 0) is 11.2 Å². The lowest BCUT2D eigenvalue weighted by Gasteiger charge is -2.32. The molecule has 1 saturated heterocycles. The first kappa shape index (κ1) is 11.7. The molecule has 3 rings (SSSR count). The third-order valence-corrected chi connectivity index (χ3v) is 4.00. The second-order valence-corrected chi connectivity index (χ2v) is 4.97. The maximum atomic E-state index is 14.2. The summed E-state index contributed by atoms with van der Waals surface area (Å²) in [4.78, 5) is 13.8. The highest BCUT2D eigenvalue weighted by molar-refractivity contribution is 5.89. The monoisotopic (exact) mass is 249 g/mol. The molecule has 0 aliphatic carbocycles. The van der Waals surface area contributed by atoms with Crippen molar-refractivity contribution < 1.29 is 13.9 Å². The summed E-state index contributed by atoms with van der Waals surface area (Å²) in [6.07, 6.45) is 2.96. The molecular weight excluding hydrogens is 233 g/mol. The molecule has 2 aliphatic rings. The maximum absolute atomic E-state index is 14.2. The van der Waals surface area contributed by atoms with Gasteiger partial charge < -0.3 is 4.74 Å². The van der Waals surface area contributed by atoms with Gasteiger partial charge in [-0.15, -0.1) is 0 Å². The predicted molar refractivity (Wildman–Crippen MR) is 65.0 cm³/mol. The summed E-state index contributed by atoms with van der Waals surface area (Å²) in [5, 5.41) is 0. The zero-order valence-corrected chi connectivity index (χ0v) is 10.4. The van der Waals surface area contributed by atoms with E-state index in [-0.39, 0.29) is 11.9 Å². The topological polar surface area (TPSA) is 29.5 Å². The number of carbonyl (C=O) groups is 1. The molecule has 0 amide bonds. The lowest BCUT2D eigenvalue weighted by molar-refractivity contribution is 0.0599. The van der Waals surface area contributed by atoms with Gasteiger partial charge in [0.15, 0.2) is 0 Å². The Kier molecular flexibility index (Phi) is 2.82. The summed E-state index contributed by atoms with van der Waals surface area (Å²) in [7, 11) is 1.32. The summed E-state index contributed by atoms with van der Waals surface area (Å²) < 4.78 is 18.9. The van der Waals surface area contributed by atoms with Crippen LogP contribution in [0.25, 0.3) is 0 Å². The van der Waals surface area contributed by atoms with Gasteiger partial charge in [0, 0.05) is 18.2 Å². The molecule has 2 aliphatic heterocycles. The van der Waals surface area contributed by atoms with Gasteiger partial charge in [0.1, 0.15) is 5.82 Å². The maximum Gasteiger partial charge on any atom is 0.337 e. The average Bonchev–Trinajstić information content (AvgIpc) is 2.85. The number of benzene rings is 1. The van der Waals surface area contributed by atoms with Crippen LogP contribution in [0.3, 0.4) is 0 Å². The minimum atomic E-state index is -0.467. The van der Waals surface area contributed by atoms with E-state index >= 15 is 0 Å². The van der Waals surface area contributed by atoms with Crippen molar-refractivity contribution in [1.82, 2.24) is 4.90 Å². The number of carbonyl (C=O) groups excluding carboxylic acids is 1. The number of halogens is 1. The molecule has 4 heteroatoms. The van der Waals surface area contributed by atoms with Crippen LogP contribution < -0.4 is 0 Å². The zero-order valence-electron chi connectivity index (χ0n) is 10.4. The SMILES string of the molecule is COC(=O)c1cc(F)c2c(c1)CCN1CCC[C@H]21. The molecule has 18 heavy (non-hydrogen) atoms. The number of hydrogen-bond donors (Lipinski definition) is 0. The third-order valence-electron chi connectivity index (χ3n) is 4.00. The van der Waals surface area contributed by atoms with Crippen LogP contribution in [0, 0.1) is 5.82 Å². The Morgan fingerprint density at radius 3 is 3.06 bits per heavy atom. The quantitative estimate of drug-likeness (QED) is 0.715. The Morgan fingerprint density at radius 1 is 1.44 bits per heavy atom. The Labute approximate surface area is 106 Å². The fourth-order valence-corrected chi connectivity index (χ4v) is 3.18. The van der Waals surface area contributed by atoms with Crippen molar-refractivity contribution >= 4 is 5.97 Å². The fraction of sp³-hybridized carbons (Fsp3) is 0.500. The smallest absolute Gasteiger partial charge is 0.337 e. The second kappa shape index (κ2) is 4.35. The fourth-order valence-electron chi connectivity index (χ4n) is 3.18. The minimum absolute atomic E-state index is 0.209. The van der Waals surface area contributed by atoms with Crippen molar-refractivity contribution in [2.75, 3.05) is 20.2 Å². The number of esters is 1. The molecule has 1 aromatic carbocycles. The van der Waals surface area contributed by atoms with Crippen LogP contribution in [-0.4, -0.2) is 31.1 Å². The molecule has 0 aromatic heterocycles. The van der Waals surface area contributed by atoms with E-state index in [1.54, 1.807) is 6.07 Å². The Balaban J connectivity index is 2.05. The largest absolute Gasteiger partial charge is 0.465 e. The number of fused-ring (bicyclic) bond motifs is 3. The van der Waals surface area contributed by atoms with E-state index in [0.717, 1.165) is 43.5 Å². The molecule has 1 aromatic rings. The van der Waals surface area contributed by atoms with E-state index in [2.05, 4.69) is 9.64 Å². The van der Waals surface area contributed by atoms with E-state index in [0.29, 0.717) is 5.56 Å². The molecule has 0 spiro atoms. The van der Waals surface area contributed by atoms with Crippen molar-refractivity contribution in [1.29, 1.82) is 0 Å². The zero-order chi connectivity index (χ0) is 12.7. The Morgan fingerprint density at radius 2 is 2.28 bits per heavy atom. The van der Waals surface area contributed by atoms with Crippen molar-refractivity contribution in [2.24, 2.45) is 0 Å². The van der Waals surface area contributed by atoms with E-state index in [4.69, 9.17) is 0 Å². The predicted octanol–water partition coefficient (Wildman–Crippen LogP) is 2.31. The first-order valence-corrected chi connectivity index (χ1v) is 6.35. The summed E-state index contributed by atoms with van der Waals surface area (Å²) >= 11 is 0. The molecule has 0 unspecified atom stereocenters. The highest BCUT2D eigenvalue weighted by Gasteiger charge is 2.33. The lowest BCUT2D eigenvalue weighted by atomic mass is 9.90. The molecule has 0 saturated carbocycles. The minimum Gasteiger partial charge on any atom is -0.465 e. The third kappa shape index (κ3) is 1.72. The molecule has 96 valence electrons. The van der Waals surface area contributed by atoms with Crippen LogP contribution in [0.4, 0.5) is 4.39 Å². The van der Waals surface area contributed by atoms with Crippen LogP contribution in [0.15, 0.2) is 12.1 Å². The van der Waals surface area contributed by atoms with Crippen LogP contribution in [0.1, 0.15) is 40.4 Å². The molecule has 3 nitrogen and oxygen atoms in total. The number of nitrogens with zero attached hydrogens (tertiary/aromatic N) is 1. The van der Waals surface area contributed by atoms with Gasteiger partial charge in [-0.3, -0.25) is 4.90 Å². The molecule has 1 atom stereocenters. The van der Waals surface area contributed by atoms with Gasteiger partial charge in [0.2, 0.25) is 0 Å². The summed E-state index contributed by atoms with van der Waals surface area (Å²) in [5.74, 6) is -0.727. The Bertz CT molecular complexity index is 501. The average molecular weight is 249 g/mol. The first-order chi connectivity index (χ1) is 8.70. The van der Waals surface area contributed by atoms with Crippen LogP contribution >= 0.6 is 0 Å². The summed E-state index contributed by atoms with van der Waals surface area (Å²) in [6, 6.07) is 3.31. The molecule has 0 N–H and O–H groups in total. The van der Waals surface area contributed by atoms with E-state index < -0.39 is 5.97 Å². The molecule has 1 fully saturated rings. The molecule has 2 heterocycles. The molecule has 0 radical (unpaired) electrons. The number of ether oxygens (including phenoxy) is 1. The number of hydrogen-bond acceptors (Lipinski definition) is 3. The van der Waals surface area contributed by atoms with E-state index in [1.165, 1.54) is 13.2 Å². The second-order valence-electron chi connectivity index (χ2n) is 4.97. The summed E-state index contributed by atoms with van der Waals surface area (Å²) in [5.41, 5.74) is 2.09. The van der Waals surface area contributed by atoms with Gasteiger partial charge in [-0.1, -0.05) is 0 Å².